The maximum Gasteiger partial charge on any atom is 0.279 e. The van der Waals surface area contributed by atoms with E-state index in [9.17, 15) is 18.0 Å². The second kappa shape index (κ2) is 7.92. The van der Waals surface area contributed by atoms with Gasteiger partial charge in [-0.25, -0.2) is 13.2 Å². The Bertz CT molecular complexity index is 828. The number of anilines is 1. The van der Waals surface area contributed by atoms with Crippen molar-refractivity contribution in [1.29, 1.82) is 0 Å². The Morgan fingerprint density at radius 2 is 1.54 bits per heavy atom. The van der Waals surface area contributed by atoms with Crippen LogP contribution in [0.2, 0.25) is 0 Å². The van der Waals surface area contributed by atoms with Gasteiger partial charge in [-0.05, 0) is 36.4 Å². The van der Waals surface area contributed by atoms with Gasteiger partial charge in [-0.1, -0.05) is 0 Å². The average Bonchev–Trinajstić information content (AvgIpc) is 3.29. The monoisotopic (exact) mass is 365 g/mol. The molecule has 0 bridgehead atoms. The number of benzene rings is 1. The van der Waals surface area contributed by atoms with Gasteiger partial charge in [0.2, 0.25) is 0 Å². The molecule has 0 saturated heterocycles. The molecule has 5 nitrogen and oxygen atoms in total. The second-order valence-electron chi connectivity index (χ2n) is 5.71. The minimum Gasteiger partial charge on any atom is -0.463 e. The topological polar surface area (TPSA) is 59.8 Å². The van der Waals surface area contributed by atoms with Crippen molar-refractivity contribution in [3.8, 4) is 0 Å². The van der Waals surface area contributed by atoms with Crippen LogP contribution in [-0.2, 0) is 17.9 Å². The van der Waals surface area contributed by atoms with Crippen LogP contribution in [0.5, 0.6) is 0 Å². The lowest BCUT2D eigenvalue weighted by molar-refractivity contribution is -0.921. The molecule has 26 heavy (non-hydrogen) atoms. The van der Waals surface area contributed by atoms with Gasteiger partial charge in [0.05, 0.1) is 18.2 Å². The first-order valence-electron chi connectivity index (χ1n) is 7.84. The van der Waals surface area contributed by atoms with E-state index in [0.717, 1.165) is 17.0 Å². The standard InChI is InChI=1S/C18H15F3N2O3/c19-14-5-6-15(18(21)17(14)20)22-16(24)11-23(9-12-3-1-7-25-12)10-13-4-2-8-26-13/h1-8H,9-11H2,(H,22,24)/p+1. The predicted octanol–water partition coefficient (Wildman–Crippen LogP) is 2.51. The highest BCUT2D eigenvalue weighted by Gasteiger charge is 2.20. The van der Waals surface area contributed by atoms with E-state index in [2.05, 4.69) is 5.32 Å². The molecule has 0 aliphatic heterocycles. The van der Waals surface area contributed by atoms with Crippen molar-refractivity contribution in [3.63, 3.8) is 0 Å². The van der Waals surface area contributed by atoms with E-state index in [4.69, 9.17) is 8.83 Å². The Labute approximate surface area is 147 Å². The molecule has 8 heteroatoms. The third kappa shape index (κ3) is 4.34. The highest BCUT2D eigenvalue weighted by atomic mass is 19.2. The zero-order chi connectivity index (χ0) is 18.5. The summed E-state index contributed by atoms with van der Waals surface area (Å²) in [6, 6.07) is 8.74. The van der Waals surface area contributed by atoms with E-state index >= 15 is 0 Å². The SMILES string of the molecule is O=C(C[NH+](Cc1ccco1)Cc1ccco1)Nc1ccc(F)c(F)c1F. The summed E-state index contributed by atoms with van der Waals surface area (Å²) in [5.41, 5.74) is -0.413. The molecule has 0 atom stereocenters. The summed E-state index contributed by atoms with van der Waals surface area (Å²) in [6.07, 6.45) is 3.05. The Morgan fingerprint density at radius 3 is 2.08 bits per heavy atom. The lowest BCUT2D eigenvalue weighted by Gasteiger charge is -2.17. The summed E-state index contributed by atoms with van der Waals surface area (Å²) in [5, 5.41) is 2.27. The van der Waals surface area contributed by atoms with Crippen molar-refractivity contribution in [2.45, 2.75) is 13.1 Å². The molecule has 1 amide bonds. The fourth-order valence-corrected chi connectivity index (χ4v) is 2.55. The molecule has 2 aromatic heterocycles. The summed E-state index contributed by atoms with van der Waals surface area (Å²) in [5.74, 6) is -3.60. The van der Waals surface area contributed by atoms with Gasteiger partial charge in [0, 0.05) is 0 Å². The van der Waals surface area contributed by atoms with Crippen LogP contribution in [-0.4, -0.2) is 12.5 Å². The van der Waals surface area contributed by atoms with Gasteiger partial charge < -0.3 is 19.1 Å². The number of hydrogen-bond acceptors (Lipinski definition) is 3. The first kappa shape index (κ1) is 17.8. The summed E-state index contributed by atoms with van der Waals surface area (Å²) in [4.78, 5) is 13.0. The van der Waals surface area contributed by atoms with Crippen molar-refractivity contribution < 1.29 is 31.7 Å². The van der Waals surface area contributed by atoms with Gasteiger partial charge in [0.15, 0.2) is 35.5 Å². The molecular weight excluding hydrogens is 349 g/mol. The van der Waals surface area contributed by atoms with Gasteiger partial charge in [0.25, 0.3) is 5.91 Å². The van der Waals surface area contributed by atoms with Crippen LogP contribution >= 0.6 is 0 Å². The van der Waals surface area contributed by atoms with E-state index in [0.29, 0.717) is 24.6 Å². The number of furan rings is 2. The highest BCUT2D eigenvalue weighted by molar-refractivity contribution is 5.91. The van der Waals surface area contributed by atoms with E-state index < -0.39 is 29.0 Å². The Morgan fingerprint density at radius 1 is 0.923 bits per heavy atom. The van der Waals surface area contributed by atoms with Gasteiger partial charge in [-0.2, -0.15) is 0 Å². The van der Waals surface area contributed by atoms with Crippen LogP contribution in [0.15, 0.2) is 57.8 Å². The molecular formula is C18H16F3N2O3+. The molecule has 0 aliphatic carbocycles. The van der Waals surface area contributed by atoms with Gasteiger partial charge >= 0.3 is 0 Å². The van der Waals surface area contributed by atoms with Crippen LogP contribution in [0.25, 0.3) is 0 Å². The minimum absolute atomic E-state index is 0.0557. The van der Waals surface area contributed by atoms with Crippen LogP contribution in [0.3, 0.4) is 0 Å². The molecule has 2 heterocycles. The van der Waals surface area contributed by atoms with E-state index in [1.54, 1.807) is 24.3 Å². The number of hydrogen-bond donors (Lipinski definition) is 2. The smallest absolute Gasteiger partial charge is 0.279 e. The molecule has 0 radical (unpaired) electrons. The first-order valence-corrected chi connectivity index (χ1v) is 7.84. The maximum atomic E-state index is 13.7. The van der Waals surface area contributed by atoms with Crippen molar-refractivity contribution in [3.05, 3.63) is 77.9 Å². The molecule has 3 rings (SSSR count). The lowest BCUT2D eigenvalue weighted by Crippen LogP contribution is -3.10. The number of amides is 1. The molecule has 0 spiro atoms. The fourth-order valence-electron chi connectivity index (χ4n) is 2.55. The summed E-state index contributed by atoms with van der Waals surface area (Å²) in [6.45, 7) is 0.725. The number of carbonyl (C=O) groups is 1. The highest BCUT2D eigenvalue weighted by Crippen LogP contribution is 2.19. The molecule has 3 aromatic rings. The number of rotatable bonds is 7. The quantitative estimate of drug-likeness (QED) is 0.633. The maximum absolute atomic E-state index is 13.7. The van der Waals surface area contributed by atoms with Crippen molar-refractivity contribution in [1.82, 2.24) is 0 Å². The van der Waals surface area contributed by atoms with E-state index in [1.165, 1.54) is 12.5 Å². The van der Waals surface area contributed by atoms with E-state index in [1.807, 2.05) is 0 Å². The van der Waals surface area contributed by atoms with Crippen molar-refractivity contribution in [2.75, 3.05) is 11.9 Å². The minimum atomic E-state index is -1.63. The predicted molar refractivity (Wildman–Crippen MR) is 85.6 cm³/mol. The molecule has 2 N–H and O–H groups in total. The third-order valence-corrected chi connectivity index (χ3v) is 3.73. The second-order valence-corrected chi connectivity index (χ2v) is 5.71. The molecule has 136 valence electrons. The average molecular weight is 365 g/mol. The number of carbonyl (C=O) groups excluding carboxylic acids is 1. The van der Waals surface area contributed by atoms with E-state index in [-0.39, 0.29) is 6.54 Å². The molecule has 0 fully saturated rings. The largest absolute Gasteiger partial charge is 0.463 e. The van der Waals surface area contributed by atoms with Crippen LogP contribution in [0.1, 0.15) is 11.5 Å². The Kier molecular flexibility index (Phi) is 5.43. The molecule has 0 saturated carbocycles. The van der Waals surface area contributed by atoms with Gasteiger partial charge in [-0.3, -0.25) is 4.79 Å². The van der Waals surface area contributed by atoms with Gasteiger partial charge in [0.1, 0.15) is 13.1 Å². The van der Waals surface area contributed by atoms with Crippen molar-refractivity contribution >= 4 is 11.6 Å². The molecule has 0 aliphatic rings. The van der Waals surface area contributed by atoms with Crippen molar-refractivity contribution in [2.24, 2.45) is 0 Å². The summed E-state index contributed by atoms with van der Waals surface area (Å²) >= 11 is 0. The van der Waals surface area contributed by atoms with Crippen LogP contribution < -0.4 is 10.2 Å². The summed E-state index contributed by atoms with van der Waals surface area (Å²) < 4.78 is 50.6. The lowest BCUT2D eigenvalue weighted by atomic mass is 10.2. The summed E-state index contributed by atoms with van der Waals surface area (Å²) in [7, 11) is 0. The molecule has 1 aromatic carbocycles. The van der Waals surface area contributed by atoms with Gasteiger partial charge in [-0.15, -0.1) is 0 Å². The Balaban J connectivity index is 1.69. The zero-order valence-corrected chi connectivity index (χ0v) is 13.6. The number of quaternary nitrogens is 1. The fraction of sp³-hybridized carbons (Fsp3) is 0.167. The molecule has 0 unspecified atom stereocenters. The normalized spacial score (nSPS) is 11.1. The Hall–Kier alpha value is -3.00. The first-order chi connectivity index (χ1) is 12.5. The third-order valence-electron chi connectivity index (χ3n) is 3.73. The van der Waals surface area contributed by atoms with Crippen LogP contribution in [0.4, 0.5) is 18.9 Å². The van der Waals surface area contributed by atoms with Crippen LogP contribution in [0, 0.1) is 17.5 Å². The zero-order valence-electron chi connectivity index (χ0n) is 13.6. The number of nitrogens with one attached hydrogen (secondary N) is 2. The number of halogens is 3.